The van der Waals surface area contributed by atoms with E-state index in [1.807, 2.05) is 0 Å². The standard InChI is InChI=1S/C5H10O3.CH4/c1-3-7-5(6)8-4-2;/h3-4H2,1-2H3;1H4. The van der Waals surface area contributed by atoms with Gasteiger partial charge in [-0.3, -0.25) is 0 Å². The predicted octanol–water partition coefficient (Wildman–Crippen LogP) is 1.82. The zero-order chi connectivity index (χ0) is 6.41. The zero-order valence-corrected chi connectivity index (χ0v) is 5.14. The van der Waals surface area contributed by atoms with Gasteiger partial charge in [-0.2, -0.15) is 0 Å². The molecule has 0 bridgehead atoms. The Labute approximate surface area is 56.0 Å². The van der Waals surface area contributed by atoms with Crippen LogP contribution in [-0.4, -0.2) is 19.4 Å². The summed E-state index contributed by atoms with van der Waals surface area (Å²) >= 11 is 0. The van der Waals surface area contributed by atoms with Gasteiger partial charge >= 0.3 is 6.16 Å². The van der Waals surface area contributed by atoms with Gasteiger partial charge in [0.2, 0.25) is 0 Å². The van der Waals surface area contributed by atoms with Crippen LogP contribution in [0.15, 0.2) is 0 Å². The highest BCUT2D eigenvalue weighted by Crippen LogP contribution is 1.81. The van der Waals surface area contributed by atoms with Crippen molar-refractivity contribution in [2.45, 2.75) is 21.3 Å². The van der Waals surface area contributed by atoms with Crippen molar-refractivity contribution in [2.24, 2.45) is 0 Å². The van der Waals surface area contributed by atoms with Crippen LogP contribution < -0.4 is 0 Å². The second-order valence-corrected chi connectivity index (χ2v) is 1.12. The van der Waals surface area contributed by atoms with Gasteiger partial charge in [0.15, 0.2) is 0 Å². The van der Waals surface area contributed by atoms with Crippen molar-refractivity contribution < 1.29 is 14.3 Å². The minimum absolute atomic E-state index is 0. The molecule has 3 heteroatoms. The highest BCUT2D eigenvalue weighted by molar-refractivity contribution is 5.59. The van der Waals surface area contributed by atoms with E-state index in [0.717, 1.165) is 0 Å². The van der Waals surface area contributed by atoms with Crippen molar-refractivity contribution in [1.82, 2.24) is 0 Å². The topological polar surface area (TPSA) is 35.5 Å². The van der Waals surface area contributed by atoms with Gasteiger partial charge in [-0.1, -0.05) is 7.43 Å². The molecule has 0 aliphatic carbocycles. The van der Waals surface area contributed by atoms with Crippen molar-refractivity contribution in [3.63, 3.8) is 0 Å². The Hall–Kier alpha value is -0.730. The predicted molar refractivity (Wildman–Crippen MR) is 35.4 cm³/mol. The molecule has 0 spiro atoms. The average Bonchev–Trinajstić information content (AvgIpc) is 1.68. The first-order chi connectivity index (χ1) is 3.81. The normalized spacial score (nSPS) is 7.33. The largest absolute Gasteiger partial charge is 0.508 e. The van der Waals surface area contributed by atoms with Crippen molar-refractivity contribution in [1.29, 1.82) is 0 Å². The van der Waals surface area contributed by atoms with Crippen LogP contribution >= 0.6 is 0 Å². The minimum atomic E-state index is -0.588. The molecule has 0 unspecified atom stereocenters. The number of rotatable bonds is 2. The van der Waals surface area contributed by atoms with E-state index in [4.69, 9.17) is 0 Å². The number of ether oxygens (including phenoxy) is 2. The van der Waals surface area contributed by atoms with E-state index < -0.39 is 6.16 Å². The molecule has 0 saturated carbocycles. The molecule has 0 heterocycles. The smallest absolute Gasteiger partial charge is 0.435 e. The van der Waals surface area contributed by atoms with E-state index in [2.05, 4.69) is 9.47 Å². The maximum atomic E-state index is 10.2. The highest BCUT2D eigenvalue weighted by Gasteiger charge is 1.96. The monoisotopic (exact) mass is 134 g/mol. The maximum Gasteiger partial charge on any atom is 0.508 e. The van der Waals surface area contributed by atoms with Gasteiger partial charge in [-0.05, 0) is 13.8 Å². The summed E-state index contributed by atoms with van der Waals surface area (Å²) in [6.07, 6.45) is -0.588. The third-order valence-electron chi connectivity index (χ3n) is 0.524. The number of carbonyl (C=O) groups excluding carboxylic acids is 1. The molecule has 0 atom stereocenters. The van der Waals surface area contributed by atoms with Gasteiger partial charge in [-0.25, -0.2) is 4.79 Å². The number of hydrogen-bond acceptors (Lipinski definition) is 3. The molecule has 0 radical (unpaired) electrons. The van der Waals surface area contributed by atoms with Crippen LogP contribution in [0.3, 0.4) is 0 Å². The highest BCUT2D eigenvalue weighted by atomic mass is 16.7. The van der Waals surface area contributed by atoms with Crippen LogP contribution in [0.1, 0.15) is 21.3 Å². The summed E-state index contributed by atoms with van der Waals surface area (Å²) in [5.41, 5.74) is 0. The van der Waals surface area contributed by atoms with Gasteiger partial charge in [0.1, 0.15) is 0 Å². The van der Waals surface area contributed by atoms with E-state index in [0.29, 0.717) is 13.2 Å². The second-order valence-electron chi connectivity index (χ2n) is 1.12. The quantitative estimate of drug-likeness (QED) is 0.540. The minimum Gasteiger partial charge on any atom is -0.435 e. The maximum absolute atomic E-state index is 10.2. The SMILES string of the molecule is C.CCOC(=O)OCC. The molecule has 56 valence electrons. The van der Waals surface area contributed by atoms with Gasteiger partial charge in [0.05, 0.1) is 13.2 Å². The van der Waals surface area contributed by atoms with Crippen molar-refractivity contribution in [3.05, 3.63) is 0 Å². The van der Waals surface area contributed by atoms with Crippen LogP contribution in [-0.2, 0) is 9.47 Å². The molecule has 0 aliphatic heterocycles. The molecule has 0 aromatic carbocycles. The lowest BCUT2D eigenvalue weighted by Crippen LogP contribution is -2.05. The third kappa shape index (κ3) is 7.27. The Morgan fingerprint density at radius 2 is 1.56 bits per heavy atom. The Balaban J connectivity index is 0. The summed E-state index contributed by atoms with van der Waals surface area (Å²) in [6, 6.07) is 0. The molecule has 0 aromatic rings. The molecule has 0 N–H and O–H groups in total. The Kier molecular flexibility index (Phi) is 8.98. The summed E-state index contributed by atoms with van der Waals surface area (Å²) < 4.78 is 8.84. The number of hydrogen-bond donors (Lipinski definition) is 0. The van der Waals surface area contributed by atoms with Crippen LogP contribution in [0, 0.1) is 0 Å². The first-order valence-corrected chi connectivity index (χ1v) is 2.60. The fraction of sp³-hybridized carbons (Fsp3) is 0.833. The zero-order valence-electron chi connectivity index (χ0n) is 5.14. The fourth-order valence-electron chi connectivity index (χ4n) is 0.277. The van der Waals surface area contributed by atoms with Crippen LogP contribution in [0.4, 0.5) is 4.79 Å². The third-order valence-corrected chi connectivity index (χ3v) is 0.524. The molecule has 3 nitrogen and oxygen atoms in total. The Morgan fingerprint density at radius 3 is 1.78 bits per heavy atom. The molecule has 0 aliphatic rings. The summed E-state index contributed by atoms with van der Waals surface area (Å²) in [5, 5.41) is 0. The summed E-state index contributed by atoms with van der Waals surface area (Å²) in [7, 11) is 0. The van der Waals surface area contributed by atoms with Crippen LogP contribution in [0.25, 0.3) is 0 Å². The molecule has 0 saturated heterocycles. The lowest BCUT2D eigenvalue weighted by Gasteiger charge is -1.98. The first kappa shape index (κ1) is 11.1. The first-order valence-electron chi connectivity index (χ1n) is 2.60. The molecule has 0 rings (SSSR count). The van der Waals surface area contributed by atoms with Gasteiger partial charge in [0, 0.05) is 0 Å². The molecule has 0 aromatic heterocycles. The number of carbonyl (C=O) groups is 1. The lowest BCUT2D eigenvalue weighted by atomic mass is 10.8. The summed E-state index contributed by atoms with van der Waals surface area (Å²) in [4.78, 5) is 10.2. The molecule has 9 heavy (non-hydrogen) atoms. The summed E-state index contributed by atoms with van der Waals surface area (Å²) in [6.45, 7) is 4.21. The summed E-state index contributed by atoms with van der Waals surface area (Å²) in [5.74, 6) is 0. The second kappa shape index (κ2) is 7.27. The van der Waals surface area contributed by atoms with Gasteiger partial charge in [-0.15, -0.1) is 0 Å². The molecular weight excluding hydrogens is 120 g/mol. The van der Waals surface area contributed by atoms with Crippen molar-refractivity contribution in [3.8, 4) is 0 Å². The van der Waals surface area contributed by atoms with E-state index in [9.17, 15) is 4.79 Å². The van der Waals surface area contributed by atoms with Gasteiger partial charge in [0.25, 0.3) is 0 Å². The molecular formula is C6H14O3. The van der Waals surface area contributed by atoms with Crippen LogP contribution in [0.2, 0.25) is 0 Å². The fourth-order valence-corrected chi connectivity index (χ4v) is 0.277. The molecule has 0 fully saturated rings. The van der Waals surface area contributed by atoms with Gasteiger partial charge < -0.3 is 9.47 Å². The van der Waals surface area contributed by atoms with E-state index >= 15 is 0 Å². The molecule has 0 amide bonds. The van der Waals surface area contributed by atoms with Crippen LogP contribution in [0.5, 0.6) is 0 Å². The lowest BCUT2D eigenvalue weighted by molar-refractivity contribution is 0.0630. The average molecular weight is 134 g/mol. The van der Waals surface area contributed by atoms with E-state index in [-0.39, 0.29) is 7.43 Å². The van der Waals surface area contributed by atoms with Crippen molar-refractivity contribution in [2.75, 3.05) is 13.2 Å². The van der Waals surface area contributed by atoms with E-state index in [1.54, 1.807) is 13.8 Å². The van der Waals surface area contributed by atoms with Crippen molar-refractivity contribution >= 4 is 6.16 Å². The Bertz CT molecular complexity index is 62.7. The Morgan fingerprint density at radius 1 is 1.22 bits per heavy atom. The van der Waals surface area contributed by atoms with E-state index in [1.165, 1.54) is 0 Å².